The van der Waals surface area contributed by atoms with Crippen molar-refractivity contribution >= 4 is 23.4 Å². The zero-order chi connectivity index (χ0) is 17.5. The van der Waals surface area contributed by atoms with Gasteiger partial charge in [-0.2, -0.15) is 5.26 Å². The van der Waals surface area contributed by atoms with Crippen molar-refractivity contribution in [2.24, 2.45) is 0 Å². The van der Waals surface area contributed by atoms with Gasteiger partial charge in [-0.15, -0.1) is 0 Å². The second-order valence-corrected chi connectivity index (χ2v) is 4.99. The highest BCUT2D eigenvalue weighted by Gasteiger charge is 2.13. The van der Waals surface area contributed by atoms with Gasteiger partial charge in [0, 0.05) is 5.02 Å². The molecule has 2 aromatic carbocycles. The normalized spacial score (nSPS) is 9.71. The summed E-state index contributed by atoms with van der Waals surface area (Å²) in [5.41, 5.74) is 4.37. The highest BCUT2D eigenvalue weighted by atomic mass is 35.5. The van der Waals surface area contributed by atoms with Gasteiger partial charge < -0.3 is 4.74 Å². The van der Waals surface area contributed by atoms with Gasteiger partial charge in [-0.05, 0) is 42.5 Å². The van der Waals surface area contributed by atoms with Crippen molar-refractivity contribution in [1.29, 1.82) is 5.26 Å². The van der Waals surface area contributed by atoms with E-state index >= 15 is 0 Å². The van der Waals surface area contributed by atoms with Gasteiger partial charge in [-0.25, -0.2) is 4.39 Å². The highest BCUT2D eigenvalue weighted by molar-refractivity contribution is 6.30. The Morgan fingerprint density at radius 2 is 1.88 bits per heavy atom. The zero-order valence-electron chi connectivity index (χ0n) is 12.2. The number of nitriles is 1. The molecule has 0 saturated heterocycles. The summed E-state index contributed by atoms with van der Waals surface area (Å²) in [7, 11) is 0. The Hall–Kier alpha value is -3.11. The van der Waals surface area contributed by atoms with Crippen molar-refractivity contribution in [2.75, 3.05) is 6.61 Å². The first-order valence-electron chi connectivity index (χ1n) is 6.67. The smallest absolute Gasteiger partial charge is 0.276 e. The first kappa shape index (κ1) is 17.2. The van der Waals surface area contributed by atoms with Crippen molar-refractivity contribution in [3.8, 4) is 11.8 Å². The Balaban J connectivity index is 1.82. The number of halogens is 2. The fraction of sp³-hybridized carbons (Fsp3) is 0.0625. The average Bonchev–Trinajstić information content (AvgIpc) is 2.58. The molecule has 122 valence electrons. The molecule has 2 amide bonds. The largest absolute Gasteiger partial charge is 0.484 e. The summed E-state index contributed by atoms with van der Waals surface area (Å²) in [6, 6.07) is 11.7. The van der Waals surface area contributed by atoms with Crippen LogP contribution >= 0.6 is 11.6 Å². The number of benzene rings is 2. The Morgan fingerprint density at radius 1 is 1.17 bits per heavy atom. The number of nitrogens with zero attached hydrogens (tertiary/aromatic N) is 1. The molecule has 0 aliphatic rings. The van der Waals surface area contributed by atoms with Crippen molar-refractivity contribution in [2.45, 2.75) is 0 Å². The van der Waals surface area contributed by atoms with E-state index in [9.17, 15) is 14.0 Å². The van der Waals surface area contributed by atoms with Crippen LogP contribution in [0.4, 0.5) is 4.39 Å². The molecule has 0 aliphatic heterocycles. The lowest BCUT2D eigenvalue weighted by Gasteiger charge is -2.09. The predicted molar refractivity (Wildman–Crippen MR) is 83.7 cm³/mol. The van der Waals surface area contributed by atoms with E-state index in [2.05, 4.69) is 10.9 Å². The van der Waals surface area contributed by atoms with Crippen LogP contribution < -0.4 is 15.6 Å². The van der Waals surface area contributed by atoms with Gasteiger partial charge in [-0.3, -0.25) is 20.4 Å². The molecule has 0 unspecified atom stereocenters. The fourth-order valence-electron chi connectivity index (χ4n) is 1.68. The molecule has 0 spiro atoms. The summed E-state index contributed by atoms with van der Waals surface area (Å²) in [5.74, 6) is -1.87. The number of nitrogens with one attached hydrogen (secondary N) is 2. The molecule has 8 heteroatoms. The first-order chi connectivity index (χ1) is 11.5. The molecule has 0 saturated carbocycles. The summed E-state index contributed by atoms with van der Waals surface area (Å²) in [5, 5.41) is 8.82. The fourth-order valence-corrected chi connectivity index (χ4v) is 1.84. The van der Waals surface area contributed by atoms with Gasteiger partial charge in [0.1, 0.15) is 11.6 Å². The van der Waals surface area contributed by atoms with Crippen LogP contribution in [0.3, 0.4) is 0 Å². The van der Waals surface area contributed by atoms with Gasteiger partial charge in [0.2, 0.25) is 0 Å². The summed E-state index contributed by atoms with van der Waals surface area (Å²) in [4.78, 5) is 23.3. The van der Waals surface area contributed by atoms with E-state index in [1.54, 1.807) is 12.1 Å². The van der Waals surface area contributed by atoms with Crippen LogP contribution in [-0.2, 0) is 4.79 Å². The third-order valence-electron chi connectivity index (χ3n) is 2.84. The molecule has 0 radical (unpaired) electrons. The third-order valence-corrected chi connectivity index (χ3v) is 3.08. The topological polar surface area (TPSA) is 91.2 Å². The number of hydrazine groups is 1. The van der Waals surface area contributed by atoms with Crippen LogP contribution in [-0.4, -0.2) is 18.4 Å². The van der Waals surface area contributed by atoms with Crippen LogP contribution in [0.2, 0.25) is 5.02 Å². The van der Waals surface area contributed by atoms with Crippen molar-refractivity contribution < 1.29 is 18.7 Å². The maximum atomic E-state index is 13.6. The SMILES string of the molecule is N#Cc1ccc(OCC(=O)NNC(=O)c2ccc(Cl)cc2F)cc1. The Labute approximate surface area is 141 Å². The number of amides is 2. The number of carbonyl (C=O) groups excluding carboxylic acids is 2. The summed E-state index contributed by atoms with van der Waals surface area (Å²) in [6.07, 6.45) is 0. The molecule has 0 atom stereocenters. The predicted octanol–water partition coefficient (Wildman–Crippen LogP) is 2.19. The number of ether oxygens (including phenoxy) is 1. The summed E-state index contributed by atoms with van der Waals surface area (Å²) in [6.45, 7) is -0.366. The van der Waals surface area contributed by atoms with E-state index in [-0.39, 0.29) is 17.2 Å². The lowest BCUT2D eigenvalue weighted by atomic mass is 10.2. The van der Waals surface area contributed by atoms with E-state index in [0.29, 0.717) is 11.3 Å². The molecule has 0 fully saturated rings. The van der Waals surface area contributed by atoms with E-state index in [1.807, 2.05) is 6.07 Å². The van der Waals surface area contributed by atoms with Crippen LogP contribution in [0.15, 0.2) is 42.5 Å². The number of hydrogen-bond donors (Lipinski definition) is 2. The monoisotopic (exact) mass is 347 g/mol. The van der Waals surface area contributed by atoms with Crippen molar-refractivity contribution in [3.63, 3.8) is 0 Å². The van der Waals surface area contributed by atoms with Gasteiger partial charge in [0.05, 0.1) is 17.2 Å². The summed E-state index contributed by atoms with van der Waals surface area (Å²) < 4.78 is 18.7. The molecule has 24 heavy (non-hydrogen) atoms. The van der Waals surface area contributed by atoms with Crippen LogP contribution in [0.25, 0.3) is 0 Å². The van der Waals surface area contributed by atoms with Gasteiger partial charge >= 0.3 is 0 Å². The minimum Gasteiger partial charge on any atom is -0.484 e. The Kier molecular flexibility index (Phi) is 5.71. The maximum Gasteiger partial charge on any atom is 0.276 e. The zero-order valence-corrected chi connectivity index (χ0v) is 12.9. The maximum absolute atomic E-state index is 13.6. The van der Waals surface area contributed by atoms with Crippen LogP contribution in [0.1, 0.15) is 15.9 Å². The lowest BCUT2D eigenvalue weighted by molar-refractivity contribution is -0.123. The minimum absolute atomic E-state index is 0.156. The molecule has 2 N–H and O–H groups in total. The highest BCUT2D eigenvalue weighted by Crippen LogP contribution is 2.14. The van der Waals surface area contributed by atoms with Gasteiger partial charge in [0.25, 0.3) is 11.8 Å². The van der Waals surface area contributed by atoms with Gasteiger partial charge in [-0.1, -0.05) is 11.6 Å². The van der Waals surface area contributed by atoms with E-state index in [1.165, 1.54) is 24.3 Å². The molecular weight excluding hydrogens is 337 g/mol. The second-order valence-electron chi connectivity index (χ2n) is 4.55. The van der Waals surface area contributed by atoms with Crippen LogP contribution in [0, 0.1) is 17.1 Å². The van der Waals surface area contributed by atoms with Crippen LogP contribution in [0.5, 0.6) is 5.75 Å². The molecule has 0 heterocycles. The molecule has 2 rings (SSSR count). The standard InChI is InChI=1S/C16H11ClFN3O3/c17-11-3-6-13(14(18)7-11)16(23)21-20-15(22)9-24-12-4-1-10(8-19)2-5-12/h1-7H,9H2,(H,20,22)(H,21,23). The van der Waals surface area contributed by atoms with E-state index in [0.717, 1.165) is 6.07 Å². The molecule has 6 nitrogen and oxygen atoms in total. The number of carbonyl (C=O) groups is 2. The summed E-state index contributed by atoms with van der Waals surface area (Å²) >= 11 is 5.59. The first-order valence-corrected chi connectivity index (χ1v) is 7.04. The average molecular weight is 348 g/mol. The molecule has 2 aromatic rings. The van der Waals surface area contributed by atoms with Crippen molar-refractivity contribution in [3.05, 3.63) is 64.4 Å². The Bertz CT molecular complexity index is 803. The molecule has 0 aromatic heterocycles. The van der Waals surface area contributed by atoms with E-state index in [4.69, 9.17) is 21.6 Å². The molecule has 0 aliphatic carbocycles. The molecular formula is C16H11ClFN3O3. The lowest BCUT2D eigenvalue weighted by Crippen LogP contribution is -2.44. The Morgan fingerprint density at radius 3 is 2.50 bits per heavy atom. The number of hydrogen-bond acceptors (Lipinski definition) is 4. The minimum atomic E-state index is -0.823. The second kappa shape index (κ2) is 7.94. The molecule has 0 bridgehead atoms. The quantitative estimate of drug-likeness (QED) is 0.829. The van der Waals surface area contributed by atoms with E-state index < -0.39 is 17.6 Å². The van der Waals surface area contributed by atoms with Crippen molar-refractivity contribution in [1.82, 2.24) is 10.9 Å². The number of rotatable bonds is 4. The van der Waals surface area contributed by atoms with Gasteiger partial charge in [0.15, 0.2) is 6.61 Å². The third kappa shape index (κ3) is 4.69.